The number of ether oxygens (including phenoxy) is 2. The Morgan fingerprint density at radius 3 is 2.53 bits per heavy atom. The van der Waals surface area contributed by atoms with Crippen molar-refractivity contribution in [2.75, 3.05) is 65.7 Å². The number of nitrogens with zero attached hydrogens (tertiary/aromatic N) is 3. The minimum Gasteiger partial charge on any atom is -0.390 e. The van der Waals surface area contributed by atoms with Crippen LogP contribution in [-0.4, -0.2) is 140 Å². The summed E-state index contributed by atoms with van der Waals surface area (Å²) in [4.78, 5) is 32.2. The standard InChI is InChI=1S/C35H63N7O5/c1-24-32(47-23-37-24)22-46-31-7-6-27-20-40(13-8-26(27)16-31)21-30(44)19-36-35(45)28-17-33(38-29-9-14-41(15-10-29)25(2)43)39-34(18-28)42-11-4-3-5-12-42/h24,26-34,37-39,44H,3-23H2,1-2H3,(H,36,45)/t24?,26?,27?,28?,30-,31?,32?,33?,34?/m0/s1. The van der Waals surface area contributed by atoms with Crippen LogP contribution < -0.4 is 21.3 Å². The molecule has 12 heteroatoms. The zero-order valence-electron chi connectivity index (χ0n) is 29.0. The SMILES string of the molecule is CC(=O)N1CCC(NC2CC(C(=O)NC[C@H](O)CN3CCC4CC(OCC5OCNC5C)CCC4C3)CC(N3CCCCC3)N2)CC1. The van der Waals surface area contributed by atoms with Crippen molar-refractivity contribution in [3.63, 3.8) is 0 Å². The van der Waals surface area contributed by atoms with Gasteiger partial charge in [0.15, 0.2) is 0 Å². The zero-order valence-corrected chi connectivity index (χ0v) is 29.0. The second kappa shape index (κ2) is 17.0. The lowest BCUT2D eigenvalue weighted by atomic mass is 9.74. The molecule has 0 spiro atoms. The Kier molecular flexibility index (Phi) is 12.8. The number of hydrogen-bond acceptors (Lipinski definition) is 10. The summed E-state index contributed by atoms with van der Waals surface area (Å²) in [6.45, 7) is 11.8. The predicted molar refractivity (Wildman–Crippen MR) is 180 cm³/mol. The summed E-state index contributed by atoms with van der Waals surface area (Å²) in [6.07, 6.45) is 11.8. The Morgan fingerprint density at radius 2 is 1.79 bits per heavy atom. The summed E-state index contributed by atoms with van der Waals surface area (Å²) in [5.41, 5.74) is 0. The second-order valence-corrected chi connectivity index (χ2v) is 15.5. The Morgan fingerprint density at radius 1 is 0.979 bits per heavy atom. The van der Waals surface area contributed by atoms with Crippen molar-refractivity contribution in [3.05, 3.63) is 0 Å². The lowest BCUT2D eigenvalue weighted by Gasteiger charge is -2.45. The molecule has 5 N–H and O–H groups in total. The van der Waals surface area contributed by atoms with E-state index >= 15 is 0 Å². The highest BCUT2D eigenvalue weighted by atomic mass is 16.5. The topological polar surface area (TPSA) is 131 Å². The highest BCUT2D eigenvalue weighted by Crippen LogP contribution is 2.37. The van der Waals surface area contributed by atoms with Gasteiger partial charge in [0.05, 0.1) is 44.0 Å². The van der Waals surface area contributed by atoms with Crippen LogP contribution in [-0.2, 0) is 19.1 Å². The van der Waals surface area contributed by atoms with Crippen LogP contribution in [0.1, 0.15) is 84.5 Å². The number of nitrogens with one attached hydrogen (secondary N) is 4. The number of piperidine rings is 4. The minimum atomic E-state index is -0.572. The average molecular weight is 662 g/mol. The number of aliphatic hydroxyl groups excluding tert-OH is 1. The summed E-state index contributed by atoms with van der Waals surface area (Å²) in [7, 11) is 0. The number of aliphatic hydroxyl groups is 1. The summed E-state index contributed by atoms with van der Waals surface area (Å²) in [5.74, 6) is 1.47. The van der Waals surface area contributed by atoms with Gasteiger partial charge in [-0.05, 0) is 103 Å². The van der Waals surface area contributed by atoms with Gasteiger partial charge in [0.25, 0.3) is 0 Å². The average Bonchev–Trinajstić information content (AvgIpc) is 3.50. The third-order valence-corrected chi connectivity index (χ3v) is 12.1. The van der Waals surface area contributed by atoms with Gasteiger partial charge in [0, 0.05) is 57.6 Å². The van der Waals surface area contributed by atoms with Gasteiger partial charge in [0.2, 0.25) is 11.8 Å². The summed E-state index contributed by atoms with van der Waals surface area (Å²) >= 11 is 0. The quantitative estimate of drug-likeness (QED) is 0.219. The molecule has 47 heavy (non-hydrogen) atoms. The molecule has 1 saturated carbocycles. The van der Waals surface area contributed by atoms with Crippen molar-refractivity contribution in [2.45, 2.75) is 127 Å². The number of hydrogen-bond donors (Lipinski definition) is 5. The van der Waals surface area contributed by atoms with Crippen molar-refractivity contribution in [2.24, 2.45) is 17.8 Å². The molecular formula is C35H63N7O5. The number of carbonyl (C=O) groups is 2. The molecule has 6 rings (SSSR count). The van der Waals surface area contributed by atoms with Crippen LogP contribution in [0.15, 0.2) is 0 Å². The highest BCUT2D eigenvalue weighted by molar-refractivity contribution is 5.78. The van der Waals surface area contributed by atoms with E-state index in [2.05, 4.69) is 38.0 Å². The summed E-state index contributed by atoms with van der Waals surface area (Å²) < 4.78 is 12.0. The van der Waals surface area contributed by atoms with Crippen LogP contribution in [0.3, 0.4) is 0 Å². The smallest absolute Gasteiger partial charge is 0.223 e. The second-order valence-electron chi connectivity index (χ2n) is 15.5. The molecule has 5 saturated heterocycles. The van der Waals surface area contributed by atoms with Gasteiger partial charge in [-0.25, -0.2) is 0 Å². The Balaban J connectivity index is 0.930. The fourth-order valence-electron chi connectivity index (χ4n) is 9.16. The molecule has 0 aromatic heterocycles. The molecule has 1 aliphatic carbocycles. The fourth-order valence-corrected chi connectivity index (χ4v) is 9.16. The third-order valence-electron chi connectivity index (χ3n) is 12.1. The molecule has 6 aliphatic rings. The van der Waals surface area contributed by atoms with Crippen molar-refractivity contribution in [1.29, 1.82) is 0 Å². The van der Waals surface area contributed by atoms with Crippen molar-refractivity contribution >= 4 is 11.8 Å². The van der Waals surface area contributed by atoms with Crippen molar-refractivity contribution in [1.82, 2.24) is 36.0 Å². The minimum absolute atomic E-state index is 0.0589. The largest absolute Gasteiger partial charge is 0.390 e. The zero-order chi connectivity index (χ0) is 32.8. The van der Waals surface area contributed by atoms with Crippen LogP contribution >= 0.6 is 0 Å². The summed E-state index contributed by atoms with van der Waals surface area (Å²) in [5, 5.41) is 25.1. The maximum absolute atomic E-state index is 13.6. The first-order chi connectivity index (χ1) is 22.8. The molecule has 5 heterocycles. The maximum atomic E-state index is 13.6. The van der Waals surface area contributed by atoms with Crippen LogP contribution in [0.2, 0.25) is 0 Å². The van der Waals surface area contributed by atoms with Gasteiger partial charge in [0.1, 0.15) is 0 Å². The molecule has 5 aliphatic heterocycles. The van der Waals surface area contributed by atoms with Gasteiger partial charge in [-0.2, -0.15) is 0 Å². The van der Waals surface area contributed by atoms with E-state index in [0.29, 0.717) is 56.5 Å². The van der Waals surface area contributed by atoms with Gasteiger partial charge in [-0.1, -0.05) is 6.42 Å². The molecule has 9 atom stereocenters. The number of carbonyl (C=O) groups excluding carboxylic acids is 2. The van der Waals surface area contributed by atoms with Crippen LogP contribution in [0.4, 0.5) is 0 Å². The highest BCUT2D eigenvalue weighted by Gasteiger charge is 2.38. The number of β-amino-alcohol motifs (C(OH)–C–C–N with tert-alkyl or cyclic N) is 1. The van der Waals surface area contributed by atoms with Crippen LogP contribution in [0.25, 0.3) is 0 Å². The van der Waals surface area contributed by atoms with E-state index < -0.39 is 6.10 Å². The Hall–Kier alpha value is -1.38. The lowest BCUT2D eigenvalue weighted by molar-refractivity contribution is -0.130. The molecular weight excluding hydrogens is 598 g/mol. The molecule has 6 fully saturated rings. The number of amides is 2. The Bertz CT molecular complexity index is 1010. The molecule has 0 bridgehead atoms. The first kappa shape index (κ1) is 35.4. The van der Waals surface area contributed by atoms with E-state index in [1.54, 1.807) is 6.92 Å². The van der Waals surface area contributed by atoms with Crippen molar-refractivity contribution in [3.8, 4) is 0 Å². The molecule has 8 unspecified atom stereocenters. The molecule has 2 amide bonds. The van der Waals surface area contributed by atoms with E-state index in [1.807, 2.05) is 4.90 Å². The van der Waals surface area contributed by atoms with E-state index in [0.717, 1.165) is 84.2 Å². The predicted octanol–water partition coefficient (Wildman–Crippen LogP) is 1.04. The van der Waals surface area contributed by atoms with Crippen molar-refractivity contribution < 1.29 is 24.2 Å². The number of fused-ring (bicyclic) bond motifs is 1. The number of likely N-dealkylation sites (tertiary alicyclic amines) is 3. The molecule has 0 radical (unpaired) electrons. The first-order valence-electron chi connectivity index (χ1n) is 19.0. The fraction of sp³-hybridized carbons (Fsp3) is 0.943. The Labute approximate surface area is 282 Å². The summed E-state index contributed by atoms with van der Waals surface area (Å²) in [6, 6.07) is 0.692. The molecule has 12 nitrogen and oxygen atoms in total. The van der Waals surface area contributed by atoms with Gasteiger partial charge >= 0.3 is 0 Å². The lowest BCUT2D eigenvalue weighted by Crippen LogP contribution is -2.63. The normalized spacial score (nSPS) is 37.0. The van der Waals surface area contributed by atoms with E-state index in [1.165, 1.54) is 25.7 Å². The monoisotopic (exact) mass is 661 g/mol. The molecule has 0 aromatic carbocycles. The van der Waals surface area contributed by atoms with E-state index in [4.69, 9.17) is 9.47 Å². The number of rotatable bonds is 11. The van der Waals surface area contributed by atoms with Crippen LogP contribution in [0, 0.1) is 17.8 Å². The first-order valence-corrected chi connectivity index (χ1v) is 19.0. The van der Waals surface area contributed by atoms with Crippen LogP contribution in [0.5, 0.6) is 0 Å². The van der Waals surface area contributed by atoms with E-state index in [-0.39, 0.29) is 36.2 Å². The molecule has 268 valence electrons. The third kappa shape index (κ3) is 9.87. The molecule has 0 aromatic rings. The van der Waals surface area contributed by atoms with Gasteiger partial charge < -0.3 is 29.7 Å². The van der Waals surface area contributed by atoms with Gasteiger partial charge in [-0.3, -0.25) is 30.4 Å². The van der Waals surface area contributed by atoms with E-state index in [9.17, 15) is 14.7 Å². The van der Waals surface area contributed by atoms with Gasteiger partial charge in [-0.15, -0.1) is 0 Å². The maximum Gasteiger partial charge on any atom is 0.223 e.